The Balaban J connectivity index is 1.72. The van der Waals surface area contributed by atoms with Crippen LogP contribution in [0.3, 0.4) is 0 Å². The van der Waals surface area contributed by atoms with Crippen LogP contribution >= 0.6 is 0 Å². The summed E-state index contributed by atoms with van der Waals surface area (Å²) < 4.78 is 67.3. The Morgan fingerprint density at radius 3 is 1.68 bits per heavy atom. The van der Waals surface area contributed by atoms with E-state index in [1.807, 2.05) is 0 Å². The van der Waals surface area contributed by atoms with E-state index in [0.717, 1.165) is 0 Å². The second-order valence-corrected chi connectivity index (χ2v) is 5.94. The van der Waals surface area contributed by atoms with Crippen molar-refractivity contribution in [2.75, 3.05) is 0 Å². The number of imide groups is 1. The standard InChI is InChI=1S/C19H8F5NO3/c20-13-11(14(21)16(23)17(24)15(13)22)7-28-25-18(26)9-5-1-3-8-4-2-6-10(12(8)9)19(25)27/h1-6H,7H2. The van der Waals surface area contributed by atoms with Crippen molar-refractivity contribution in [3.05, 3.63) is 82.2 Å². The molecule has 1 aliphatic heterocycles. The molecule has 4 rings (SSSR count). The molecule has 9 heteroatoms. The smallest absolute Gasteiger partial charge is 0.266 e. The van der Waals surface area contributed by atoms with E-state index in [1.165, 1.54) is 12.1 Å². The van der Waals surface area contributed by atoms with Gasteiger partial charge in [-0.25, -0.2) is 22.0 Å². The Labute approximate surface area is 153 Å². The number of hydroxylamine groups is 2. The van der Waals surface area contributed by atoms with E-state index in [4.69, 9.17) is 4.84 Å². The number of nitrogens with zero attached hydrogens (tertiary/aromatic N) is 1. The van der Waals surface area contributed by atoms with Gasteiger partial charge in [-0.2, -0.15) is 0 Å². The lowest BCUT2D eigenvalue weighted by Gasteiger charge is -2.26. The van der Waals surface area contributed by atoms with Crippen molar-refractivity contribution in [3.63, 3.8) is 0 Å². The average Bonchev–Trinajstić information content (AvgIpc) is 2.71. The minimum Gasteiger partial charge on any atom is -0.266 e. The van der Waals surface area contributed by atoms with Gasteiger partial charge in [-0.3, -0.25) is 14.4 Å². The molecule has 0 unspecified atom stereocenters. The molecule has 0 aromatic heterocycles. The number of carbonyl (C=O) groups excluding carboxylic acids is 2. The second kappa shape index (κ2) is 6.38. The number of halogens is 5. The fourth-order valence-electron chi connectivity index (χ4n) is 3.03. The van der Waals surface area contributed by atoms with Gasteiger partial charge in [-0.05, 0) is 17.5 Å². The summed E-state index contributed by atoms with van der Waals surface area (Å²) in [6.45, 7) is -1.22. The first-order valence-corrected chi connectivity index (χ1v) is 7.86. The fraction of sp³-hybridized carbons (Fsp3) is 0.0526. The number of hydrogen-bond donors (Lipinski definition) is 0. The first-order chi connectivity index (χ1) is 13.3. The quantitative estimate of drug-likeness (QED) is 0.289. The van der Waals surface area contributed by atoms with Gasteiger partial charge in [0.25, 0.3) is 11.8 Å². The molecule has 0 fully saturated rings. The summed E-state index contributed by atoms with van der Waals surface area (Å²) in [4.78, 5) is 30.0. The van der Waals surface area contributed by atoms with E-state index in [-0.39, 0.29) is 16.2 Å². The highest BCUT2D eigenvalue weighted by molar-refractivity contribution is 6.24. The zero-order valence-electron chi connectivity index (χ0n) is 13.7. The highest BCUT2D eigenvalue weighted by atomic mass is 19.2. The Morgan fingerprint density at radius 1 is 0.714 bits per heavy atom. The molecule has 2 amide bonds. The number of carbonyl (C=O) groups is 2. The number of benzene rings is 3. The zero-order chi connectivity index (χ0) is 20.2. The number of hydrogen-bond acceptors (Lipinski definition) is 3. The third-order valence-corrected chi connectivity index (χ3v) is 4.37. The predicted molar refractivity (Wildman–Crippen MR) is 85.5 cm³/mol. The molecule has 142 valence electrons. The van der Waals surface area contributed by atoms with Crippen molar-refractivity contribution in [2.45, 2.75) is 6.61 Å². The molecule has 0 saturated heterocycles. The van der Waals surface area contributed by atoms with Crippen LogP contribution in [0.2, 0.25) is 0 Å². The van der Waals surface area contributed by atoms with Gasteiger partial charge in [0.15, 0.2) is 23.3 Å². The number of rotatable bonds is 3. The van der Waals surface area contributed by atoms with E-state index in [2.05, 4.69) is 0 Å². The van der Waals surface area contributed by atoms with E-state index in [9.17, 15) is 31.5 Å². The van der Waals surface area contributed by atoms with Gasteiger partial charge in [0, 0.05) is 5.39 Å². The predicted octanol–water partition coefficient (Wildman–Crippen LogP) is 4.26. The Kier molecular flexibility index (Phi) is 4.11. The third-order valence-electron chi connectivity index (χ3n) is 4.37. The SMILES string of the molecule is O=C1c2cccc3cccc(c23)C(=O)N1OCc1c(F)c(F)c(F)c(F)c1F. The fourth-order valence-corrected chi connectivity index (χ4v) is 3.03. The summed E-state index contributed by atoms with van der Waals surface area (Å²) in [5.41, 5.74) is -1.09. The summed E-state index contributed by atoms with van der Waals surface area (Å²) in [6.07, 6.45) is 0. The molecule has 1 aliphatic rings. The van der Waals surface area contributed by atoms with Crippen molar-refractivity contribution in [2.24, 2.45) is 0 Å². The van der Waals surface area contributed by atoms with Gasteiger partial charge in [0.1, 0.15) is 6.61 Å². The highest BCUT2D eigenvalue weighted by Gasteiger charge is 2.35. The molecular weight excluding hydrogens is 385 g/mol. The van der Waals surface area contributed by atoms with Crippen LogP contribution in [0.15, 0.2) is 36.4 Å². The first kappa shape index (κ1) is 18.1. The maximum absolute atomic E-state index is 13.8. The Bertz CT molecular complexity index is 1100. The van der Waals surface area contributed by atoms with E-state index in [1.54, 1.807) is 24.3 Å². The van der Waals surface area contributed by atoms with Crippen LogP contribution in [0.5, 0.6) is 0 Å². The molecule has 0 aliphatic carbocycles. The molecule has 0 N–H and O–H groups in total. The maximum Gasteiger partial charge on any atom is 0.285 e. The topological polar surface area (TPSA) is 46.6 Å². The molecule has 0 bridgehead atoms. The highest BCUT2D eigenvalue weighted by Crippen LogP contribution is 2.31. The third kappa shape index (κ3) is 2.47. The van der Waals surface area contributed by atoms with Crippen LogP contribution in [0.1, 0.15) is 26.3 Å². The first-order valence-electron chi connectivity index (χ1n) is 7.86. The van der Waals surface area contributed by atoms with Crippen molar-refractivity contribution in [1.29, 1.82) is 0 Å². The molecule has 0 atom stereocenters. The van der Waals surface area contributed by atoms with Gasteiger partial charge >= 0.3 is 0 Å². The summed E-state index contributed by atoms with van der Waals surface area (Å²) in [5, 5.41) is 1.25. The number of amides is 2. The minimum absolute atomic E-state index is 0.102. The molecule has 3 aromatic carbocycles. The average molecular weight is 393 g/mol. The molecule has 4 nitrogen and oxygen atoms in total. The lowest BCUT2D eigenvalue weighted by Crippen LogP contribution is -2.40. The van der Waals surface area contributed by atoms with Crippen LogP contribution in [-0.2, 0) is 11.4 Å². The van der Waals surface area contributed by atoms with Crippen molar-refractivity contribution in [1.82, 2.24) is 5.06 Å². The van der Waals surface area contributed by atoms with Crippen LogP contribution in [0.4, 0.5) is 22.0 Å². The normalized spacial score (nSPS) is 13.5. The molecule has 0 spiro atoms. The summed E-state index contributed by atoms with van der Waals surface area (Å²) in [6, 6.07) is 9.36. The van der Waals surface area contributed by atoms with Crippen LogP contribution in [0, 0.1) is 29.1 Å². The van der Waals surface area contributed by atoms with Gasteiger partial charge in [0.05, 0.1) is 16.7 Å². The molecular formula is C19H8F5NO3. The van der Waals surface area contributed by atoms with Crippen molar-refractivity contribution in [3.8, 4) is 0 Å². The van der Waals surface area contributed by atoms with Gasteiger partial charge in [-0.15, -0.1) is 5.06 Å². The van der Waals surface area contributed by atoms with Crippen LogP contribution in [0.25, 0.3) is 10.8 Å². The summed E-state index contributed by atoms with van der Waals surface area (Å²) >= 11 is 0. The summed E-state index contributed by atoms with van der Waals surface area (Å²) in [5.74, 6) is -12.7. The van der Waals surface area contributed by atoms with E-state index < -0.39 is 53.1 Å². The molecule has 0 radical (unpaired) electrons. The van der Waals surface area contributed by atoms with Crippen molar-refractivity contribution < 1.29 is 36.4 Å². The lowest BCUT2D eigenvalue weighted by atomic mass is 9.95. The largest absolute Gasteiger partial charge is 0.285 e. The zero-order valence-corrected chi connectivity index (χ0v) is 13.7. The van der Waals surface area contributed by atoms with Gasteiger partial charge in [0.2, 0.25) is 5.82 Å². The monoisotopic (exact) mass is 393 g/mol. The Hall–Kier alpha value is -3.33. The van der Waals surface area contributed by atoms with Crippen LogP contribution < -0.4 is 0 Å². The van der Waals surface area contributed by atoms with Gasteiger partial charge < -0.3 is 0 Å². The van der Waals surface area contributed by atoms with Gasteiger partial charge in [-0.1, -0.05) is 24.3 Å². The second-order valence-electron chi connectivity index (χ2n) is 5.94. The minimum atomic E-state index is -2.32. The Morgan fingerprint density at radius 2 is 1.18 bits per heavy atom. The summed E-state index contributed by atoms with van der Waals surface area (Å²) in [7, 11) is 0. The van der Waals surface area contributed by atoms with Crippen molar-refractivity contribution >= 4 is 22.6 Å². The molecule has 1 heterocycles. The van der Waals surface area contributed by atoms with Crippen LogP contribution in [-0.4, -0.2) is 16.9 Å². The van der Waals surface area contributed by atoms with E-state index in [0.29, 0.717) is 10.8 Å². The molecule has 0 saturated carbocycles. The molecule has 28 heavy (non-hydrogen) atoms. The van der Waals surface area contributed by atoms with E-state index >= 15 is 0 Å². The maximum atomic E-state index is 13.8. The molecule has 3 aromatic rings. The lowest BCUT2D eigenvalue weighted by molar-refractivity contribution is -0.106.